The summed E-state index contributed by atoms with van der Waals surface area (Å²) in [5.74, 6) is 0. The van der Waals surface area contributed by atoms with Crippen LogP contribution in [0, 0.1) is 13.8 Å². The smallest absolute Gasteiger partial charge is 0.241 e. The maximum Gasteiger partial charge on any atom is 0.241 e. The summed E-state index contributed by atoms with van der Waals surface area (Å²) in [5, 5.41) is 4.21. The summed E-state index contributed by atoms with van der Waals surface area (Å²) < 4.78 is 27.3. The average Bonchev–Trinajstić information content (AvgIpc) is 2.77. The van der Waals surface area contributed by atoms with E-state index >= 15 is 0 Å². The van der Waals surface area contributed by atoms with E-state index in [1.54, 1.807) is 24.3 Å². The van der Waals surface area contributed by atoms with Crippen LogP contribution in [0.3, 0.4) is 0 Å². The minimum absolute atomic E-state index is 0.121. The normalized spacial score (nSPS) is 11.8. The maximum absolute atomic E-state index is 12.3. The molecule has 3 N–H and O–H groups in total. The lowest BCUT2D eigenvalue weighted by atomic mass is 10.2. The summed E-state index contributed by atoms with van der Waals surface area (Å²) in [6.07, 6.45) is 0. The fourth-order valence-corrected chi connectivity index (χ4v) is 4.22. The van der Waals surface area contributed by atoms with Gasteiger partial charge in [0.05, 0.1) is 4.90 Å². The average molecular weight is 331 g/mol. The van der Waals surface area contributed by atoms with Crippen molar-refractivity contribution in [3.05, 3.63) is 44.6 Å². The Kier molecular flexibility index (Phi) is 4.39. The second-order valence-corrected chi connectivity index (χ2v) is 7.44. The summed E-state index contributed by atoms with van der Waals surface area (Å²) in [4.78, 5) is 0.121. The third kappa shape index (κ3) is 3.15. The molecule has 0 aliphatic rings. The SMILES string of the molecule is Cc1cscc1CNS(=O)(=O)c1cc(Cl)cc(N)c1C. The molecule has 0 amide bonds. The van der Waals surface area contributed by atoms with Crippen molar-refractivity contribution in [1.29, 1.82) is 0 Å². The van der Waals surface area contributed by atoms with Crippen molar-refractivity contribution in [3.63, 3.8) is 0 Å². The summed E-state index contributed by atoms with van der Waals surface area (Å²) in [5.41, 5.74) is 8.66. The number of thiophene rings is 1. The molecule has 0 atom stereocenters. The zero-order chi connectivity index (χ0) is 14.9. The molecule has 0 aliphatic heterocycles. The molecule has 0 unspecified atom stereocenters. The number of anilines is 1. The largest absolute Gasteiger partial charge is 0.398 e. The van der Waals surface area contributed by atoms with Gasteiger partial charge in [0.15, 0.2) is 0 Å². The Labute approximate surface area is 127 Å². The third-order valence-corrected chi connectivity index (χ3v) is 5.72. The van der Waals surface area contributed by atoms with Gasteiger partial charge in [0.25, 0.3) is 0 Å². The first-order valence-electron chi connectivity index (χ1n) is 5.88. The predicted molar refractivity (Wildman–Crippen MR) is 83.7 cm³/mol. The van der Waals surface area contributed by atoms with E-state index in [1.807, 2.05) is 17.7 Å². The summed E-state index contributed by atoms with van der Waals surface area (Å²) in [7, 11) is -3.64. The van der Waals surface area contributed by atoms with Crippen LogP contribution >= 0.6 is 22.9 Å². The molecule has 4 nitrogen and oxygen atoms in total. The molecule has 108 valence electrons. The highest BCUT2D eigenvalue weighted by atomic mass is 35.5. The monoisotopic (exact) mass is 330 g/mol. The molecule has 1 aromatic carbocycles. The van der Waals surface area contributed by atoms with Crippen molar-refractivity contribution < 1.29 is 8.42 Å². The van der Waals surface area contributed by atoms with Crippen molar-refractivity contribution in [2.75, 3.05) is 5.73 Å². The number of halogens is 1. The summed E-state index contributed by atoms with van der Waals surface area (Å²) in [6, 6.07) is 2.95. The van der Waals surface area contributed by atoms with Gasteiger partial charge in [-0.1, -0.05) is 11.6 Å². The molecular formula is C13H15ClN2O2S2. The quantitative estimate of drug-likeness (QED) is 0.846. The molecule has 2 rings (SSSR count). The number of nitrogens with two attached hydrogens (primary N) is 1. The molecular weight excluding hydrogens is 316 g/mol. The Hall–Kier alpha value is -1.08. The van der Waals surface area contributed by atoms with Gasteiger partial charge in [-0.25, -0.2) is 13.1 Å². The highest BCUT2D eigenvalue weighted by Crippen LogP contribution is 2.26. The van der Waals surface area contributed by atoms with Crippen molar-refractivity contribution in [1.82, 2.24) is 4.72 Å². The van der Waals surface area contributed by atoms with Crippen molar-refractivity contribution in [3.8, 4) is 0 Å². The molecule has 1 aromatic heterocycles. The number of benzene rings is 1. The molecule has 2 aromatic rings. The molecule has 20 heavy (non-hydrogen) atoms. The van der Waals surface area contributed by atoms with Crippen LogP contribution in [0.15, 0.2) is 27.8 Å². The number of hydrogen-bond acceptors (Lipinski definition) is 4. The Bertz CT molecular complexity index is 739. The molecule has 0 aliphatic carbocycles. The first kappa shape index (κ1) is 15.3. The van der Waals surface area contributed by atoms with Crippen LogP contribution in [0.1, 0.15) is 16.7 Å². The zero-order valence-corrected chi connectivity index (χ0v) is 13.5. The minimum Gasteiger partial charge on any atom is -0.398 e. The van der Waals surface area contributed by atoms with E-state index in [-0.39, 0.29) is 11.4 Å². The Morgan fingerprint density at radius 1 is 1.30 bits per heavy atom. The topological polar surface area (TPSA) is 72.2 Å². The number of rotatable bonds is 4. The third-order valence-electron chi connectivity index (χ3n) is 3.07. The van der Waals surface area contributed by atoms with Gasteiger partial charge >= 0.3 is 0 Å². The van der Waals surface area contributed by atoms with Gasteiger partial charge in [-0.2, -0.15) is 11.3 Å². The van der Waals surface area contributed by atoms with Gasteiger partial charge in [0, 0.05) is 17.3 Å². The van der Waals surface area contributed by atoms with Gasteiger partial charge in [-0.3, -0.25) is 0 Å². The van der Waals surface area contributed by atoms with Crippen molar-refractivity contribution in [2.45, 2.75) is 25.3 Å². The van der Waals surface area contributed by atoms with Gasteiger partial charge in [0.1, 0.15) is 0 Å². The second kappa shape index (κ2) is 5.73. The van der Waals surface area contributed by atoms with Gasteiger partial charge in [-0.15, -0.1) is 0 Å². The zero-order valence-electron chi connectivity index (χ0n) is 11.1. The first-order valence-corrected chi connectivity index (χ1v) is 8.68. The fourth-order valence-electron chi connectivity index (χ4n) is 1.77. The van der Waals surface area contributed by atoms with Crippen LogP contribution in [0.2, 0.25) is 5.02 Å². The second-order valence-electron chi connectivity index (χ2n) is 4.52. The van der Waals surface area contributed by atoms with Gasteiger partial charge in [0.2, 0.25) is 10.0 Å². The van der Waals surface area contributed by atoms with Gasteiger partial charge < -0.3 is 5.73 Å². The van der Waals surface area contributed by atoms with Crippen molar-refractivity contribution in [2.24, 2.45) is 0 Å². The lowest BCUT2D eigenvalue weighted by Gasteiger charge is -2.11. The lowest BCUT2D eigenvalue weighted by Crippen LogP contribution is -2.24. The fraction of sp³-hybridized carbons (Fsp3) is 0.231. The molecule has 0 radical (unpaired) electrons. The van der Waals surface area contributed by atoms with E-state index in [0.717, 1.165) is 11.1 Å². The molecule has 1 heterocycles. The van der Waals surface area contributed by atoms with E-state index < -0.39 is 10.0 Å². The van der Waals surface area contributed by atoms with E-state index in [1.165, 1.54) is 6.07 Å². The first-order chi connectivity index (χ1) is 9.31. The van der Waals surface area contributed by atoms with Crippen LogP contribution in [-0.4, -0.2) is 8.42 Å². The molecule has 7 heteroatoms. The van der Waals surface area contributed by atoms with Crippen LogP contribution in [0.4, 0.5) is 5.69 Å². The highest BCUT2D eigenvalue weighted by Gasteiger charge is 2.19. The number of nitrogen functional groups attached to an aromatic ring is 1. The Balaban J connectivity index is 2.29. The van der Waals surface area contributed by atoms with E-state index in [4.69, 9.17) is 17.3 Å². The molecule has 0 bridgehead atoms. The van der Waals surface area contributed by atoms with E-state index in [9.17, 15) is 8.42 Å². The molecule has 0 spiro atoms. The van der Waals surface area contributed by atoms with Crippen LogP contribution < -0.4 is 10.5 Å². The maximum atomic E-state index is 12.3. The van der Waals surface area contributed by atoms with E-state index in [2.05, 4.69) is 4.72 Å². The highest BCUT2D eigenvalue weighted by molar-refractivity contribution is 7.89. The molecule has 0 saturated carbocycles. The minimum atomic E-state index is -3.64. The predicted octanol–water partition coefficient (Wildman–Crippen LogP) is 3.08. The lowest BCUT2D eigenvalue weighted by molar-refractivity contribution is 0.580. The Morgan fingerprint density at radius 2 is 2.00 bits per heavy atom. The number of nitrogens with one attached hydrogen (secondary N) is 1. The molecule has 0 fully saturated rings. The number of hydrogen-bond donors (Lipinski definition) is 2. The summed E-state index contributed by atoms with van der Waals surface area (Å²) in [6.45, 7) is 3.86. The van der Waals surface area contributed by atoms with Gasteiger partial charge in [-0.05, 0) is 53.4 Å². The Morgan fingerprint density at radius 3 is 2.60 bits per heavy atom. The van der Waals surface area contributed by atoms with Crippen LogP contribution in [0.25, 0.3) is 0 Å². The van der Waals surface area contributed by atoms with Crippen molar-refractivity contribution >= 4 is 38.6 Å². The number of aryl methyl sites for hydroxylation is 1. The summed E-state index contributed by atoms with van der Waals surface area (Å²) >= 11 is 7.43. The van der Waals surface area contributed by atoms with Crippen LogP contribution in [0.5, 0.6) is 0 Å². The van der Waals surface area contributed by atoms with Crippen LogP contribution in [-0.2, 0) is 16.6 Å². The standard InChI is InChI=1S/C13H15ClN2O2S2/c1-8-6-19-7-10(8)5-16-20(17,18)13-4-11(14)3-12(15)9(13)2/h3-4,6-7,16H,5,15H2,1-2H3. The molecule has 0 saturated heterocycles. The van der Waals surface area contributed by atoms with E-state index in [0.29, 0.717) is 16.3 Å². The number of sulfonamides is 1.